The molecular formula is C16H25NO2. The molecule has 19 heavy (non-hydrogen) atoms. The lowest BCUT2D eigenvalue weighted by molar-refractivity contribution is 0.0693. The monoisotopic (exact) mass is 263 g/mol. The molecule has 0 aliphatic rings. The molecule has 2 unspecified atom stereocenters. The summed E-state index contributed by atoms with van der Waals surface area (Å²) in [6.45, 7) is 8.73. The van der Waals surface area contributed by atoms with Gasteiger partial charge in [0.2, 0.25) is 0 Å². The van der Waals surface area contributed by atoms with Crippen molar-refractivity contribution >= 4 is 5.78 Å². The summed E-state index contributed by atoms with van der Waals surface area (Å²) in [6.07, 6.45) is 0. The Morgan fingerprint density at radius 1 is 1.26 bits per heavy atom. The number of aryl methyl sites for hydroxylation is 2. The van der Waals surface area contributed by atoms with Gasteiger partial charge in [-0.25, -0.2) is 0 Å². The molecule has 3 heteroatoms. The third-order valence-corrected chi connectivity index (χ3v) is 3.88. The smallest absolute Gasteiger partial charge is 0.179 e. The molecule has 0 N–H and O–H groups in total. The number of likely N-dealkylation sites (N-methyl/N-ethyl adjacent to an activating group) is 1. The Labute approximate surface area is 116 Å². The molecule has 2 atom stereocenters. The Hall–Kier alpha value is -1.19. The van der Waals surface area contributed by atoms with Crippen LogP contribution in [0.25, 0.3) is 0 Å². The lowest BCUT2D eigenvalue weighted by Crippen LogP contribution is -2.43. The molecule has 1 aromatic rings. The van der Waals surface area contributed by atoms with Crippen LogP contribution in [0, 0.1) is 13.8 Å². The topological polar surface area (TPSA) is 29.5 Å². The van der Waals surface area contributed by atoms with Gasteiger partial charge < -0.3 is 4.74 Å². The summed E-state index contributed by atoms with van der Waals surface area (Å²) < 4.78 is 5.14. The highest BCUT2D eigenvalue weighted by Crippen LogP contribution is 2.14. The van der Waals surface area contributed by atoms with Crippen molar-refractivity contribution < 1.29 is 9.53 Å². The highest BCUT2D eigenvalue weighted by molar-refractivity contribution is 6.00. The summed E-state index contributed by atoms with van der Waals surface area (Å²) in [5.74, 6) is 0.161. The molecule has 0 aliphatic carbocycles. The zero-order valence-corrected chi connectivity index (χ0v) is 12.9. The van der Waals surface area contributed by atoms with Gasteiger partial charge in [0.25, 0.3) is 0 Å². The van der Waals surface area contributed by atoms with Gasteiger partial charge in [0.1, 0.15) is 0 Å². The summed E-state index contributed by atoms with van der Waals surface area (Å²) in [7, 11) is 3.65. The van der Waals surface area contributed by atoms with Crippen molar-refractivity contribution in [2.75, 3.05) is 20.8 Å². The second kappa shape index (κ2) is 6.83. The van der Waals surface area contributed by atoms with E-state index in [0.717, 1.165) is 11.1 Å². The van der Waals surface area contributed by atoms with E-state index in [1.165, 1.54) is 5.56 Å². The first-order valence-corrected chi connectivity index (χ1v) is 6.70. The predicted octanol–water partition coefficient (Wildman–Crippen LogP) is 2.84. The number of Topliss-reactive ketones (excluding diaryl/α,β-unsaturated/α-hetero) is 1. The number of ketones is 1. The minimum absolute atomic E-state index is 0.146. The van der Waals surface area contributed by atoms with Crippen LogP contribution in [0.15, 0.2) is 18.2 Å². The number of methoxy groups -OCH3 is 1. The lowest BCUT2D eigenvalue weighted by atomic mass is 9.99. The highest BCUT2D eigenvalue weighted by atomic mass is 16.5. The van der Waals surface area contributed by atoms with Crippen molar-refractivity contribution in [3.8, 4) is 0 Å². The molecule has 0 aromatic heterocycles. The maximum atomic E-state index is 12.5. The van der Waals surface area contributed by atoms with Crippen LogP contribution >= 0.6 is 0 Å². The molecule has 1 rings (SSSR count). The van der Waals surface area contributed by atoms with Gasteiger partial charge in [-0.3, -0.25) is 9.69 Å². The molecule has 0 saturated heterocycles. The summed E-state index contributed by atoms with van der Waals surface area (Å²) >= 11 is 0. The van der Waals surface area contributed by atoms with Crippen molar-refractivity contribution in [3.63, 3.8) is 0 Å². The Morgan fingerprint density at radius 2 is 1.89 bits per heavy atom. The van der Waals surface area contributed by atoms with E-state index in [9.17, 15) is 4.79 Å². The van der Waals surface area contributed by atoms with Crippen LogP contribution in [-0.2, 0) is 4.74 Å². The van der Waals surface area contributed by atoms with Crippen molar-refractivity contribution in [1.82, 2.24) is 4.90 Å². The van der Waals surface area contributed by atoms with Crippen LogP contribution in [0.4, 0.5) is 0 Å². The van der Waals surface area contributed by atoms with E-state index in [1.807, 2.05) is 39.1 Å². The first-order valence-electron chi connectivity index (χ1n) is 6.70. The van der Waals surface area contributed by atoms with E-state index in [2.05, 4.69) is 18.7 Å². The first-order chi connectivity index (χ1) is 8.88. The third kappa shape index (κ3) is 3.88. The number of hydrogen-bond acceptors (Lipinski definition) is 3. The lowest BCUT2D eigenvalue weighted by Gasteiger charge is -2.29. The minimum atomic E-state index is -0.146. The van der Waals surface area contributed by atoms with Gasteiger partial charge in [-0.15, -0.1) is 0 Å². The quantitative estimate of drug-likeness (QED) is 0.739. The third-order valence-electron chi connectivity index (χ3n) is 3.88. The second-order valence-corrected chi connectivity index (χ2v) is 5.31. The van der Waals surface area contributed by atoms with Gasteiger partial charge in [0.15, 0.2) is 5.78 Å². The normalized spacial score (nSPS) is 14.5. The fourth-order valence-electron chi connectivity index (χ4n) is 2.06. The SMILES string of the molecule is COCC(C)N(C)C(C)C(=O)c1ccc(C)c(C)c1. The highest BCUT2D eigenvalue weighted by Gasteiger charge is 2.23. The van der Waals surface area contributed by atoms with Gasteiger partial charge in [-0.1, -0.05) is 12.1 Å². The number of rotatable bonds is 6. The maximum Gasteiger partial charge on any atom is 0.179 e. The van der Waals surface area contributed by atoms with Crippen molar-refractivity contribution in [3.05, 3.63) is 34.9 Å². The van der Waals surface area contributed by atoms with Gasteiger partial charge in [-0.05, 0) is 51.9 Å². The molecule has 0 heterocycles. The molecule has 0 aliphatic heterocycles. The van der Waals surface area contributed by atoms with Crippen molar-refractivity contribution in [1.29, 1.82) is 0 Å². The zero-order valence-electron chi connectivity index (χ0n) is 12.9. The molecule has 0 fully saturated rings. The van der Waals surface area contributed by atoms with E-state index >= 15 is 0 Å². The average molecular weight is 263 g/mol. The Morgan fingerprint density at radius 3 is 2.42 bits per heavy atom. The predicted molar refractivity (Wildman–Crippen MR) is 78.8 cm³/mol. The first kappa shape index (κ1) is 15.9. The van der Waals surface area contributed by atoms with Gasteiger partial charge in [0.05, 0.1) is 12.6 Å². The fourth-order valence-corrected chi connectivity index (χ4v) is 2.06. The molecule has 0 bridgehead atoms. The standard InChI is InChI=1S/C16H25NO2/c1-11-7-8-15(9-12(11)2)16(18)14(4)17(5)13(3)10-19-6/h7-9,13-14H,10H2,1-6H3. The van der Waals surface area contributed by atoms with E-state index in [0.29, 0.717) is 6.61 Å². The molecule has 1 aromatic carbocycles. The van der Waals surface area contributed by atoms with E-state index in [-0.39, 0.29) is 17.9 Å². The van der Waals surface area contributed by atoms with Crippen LogP contribution in [-0.4, -0.2) is 43.5 Å². The fraction of sp³-hybridized carbons (Fsp3) is 0.562. The summed E-state index contributed by atoms with van der Waals surface area (Å²) in [5.41, 5.74) is 3.16. The molecular weight excluding hydrogens is 238 g/mol. The number of carbonyl (C=O) groups is 1. The number of carbonyl (C=O) groups excluding carboxylic acids is 1. The van der Waals surface area contributed by atoms with Crippen LogP contribution in [0.5, 0.6) is 0 Å². The number of benzene rings is 1. The molecule has 0 radical (unpaired) electrons. The van der Waals surface area contributed by atoms with Gasteiger partial charge in [0, 0.05) is 18.7 Å². The Bertz CT molecular complexity index is 442. The number of hydrogen-bond donors (Lipinski definition) is 0. The second-order valence-electron chi connectivity index (χ2n) is 5.31. The molecule has 0 saturated carbocycles. The Kier molecular flexibility index (Phi) is 5.70. The van der Waals surface area contributed by atoms with Crippen molar-refractivity contribution in [2.24, 2.45) is 0 Å². The Balaban J connectivity index is 2.84. The van der Waals surface area contributed by atoms with E-state index < -0.39 is 0 Å². The summed E-state index contributed by atoms with van der Waals surface area (Å²) in [6, 6.07) is 5.97. The zero-order chi connectivity index (χ0) is 14.6. The van der Waals surface area contributed by atoms with Crippen LogP contribution in [0.2, 0.25) is 0 Å². The van der Waals surface area contributed by atoms with Crippen LogP contribution < -0.4 is 0 Å². The largest absolute Gasteiger partial charge is 0.383 e. The van der Waals surface area contributed by atoms with E-state index in [4.69, 9.17) is 4.74 Å². The number of nitrogens with zero attached hydrogens (tertiary/aromatic N) is 1. The maximum absolute atomic E-state index is 12.5. The molecule has 0 spiro atoms. The summed E-state index contributed by atoms with van der Waals surface area (Å²) in [4.78, 5) is 14.5. The van der Waals surface area contributed by atoms with Gasteiger partial charge >= 0.3 is 0 Å². The average Bonchev–Trinajstić information content (AvgIpc) is 2.39. The van der Waals surface area contributed by atoms with Gasteiger partial charge in [-0.2, -0.15) is 0 Å². The summed E-state index contributed by atoms with van der Waals surface area (Å²) in [5, 5.41) is 0. The van der Waals surface area contributed by atoms with E-state index in [1.54, 1.807) is 7.11 Å². The van der Waals surface area contributed by atoms with Crippen LogP contribution in [0.3, 0.4) is 0 Å². The van der Waals surface area contributed by atoms with Crippen molar-refractivity contribution in [2.45, 2.75) is 39.8 Å². The van der Waals surface area contributed by atoms with Crippen LogP contribution in [0.1, 0.15) is 35.3 Å². The molecule has 3 nitrogen and oxygen atoms in total. The molecule has 106 valence electrons. The molecule has 0 amide bonds. The minimum Gasteiger partial charge on any atom is -0.383 e. The number of ether oxygens (including phenoxy) is 1.